The summed E-state index contributed by atoms with van der Waals surface area (Å²) in [5.41, 5.74) is 1.63. The highest BCUT2D eigenvalue weighted by molar-refractivity contribution is 7.89. The molecule has 5 nitrogen and oxygen atoms in total. The summed E-state index contributed by atoms with van der Waals surface area (Å²) >= 11 is 0. The summed E-state index contributed by atoms with van der Waals surface area (Å²) in [5, 5.41) is 2.67. The van der Waals surface area contributed by atoms with Crippen LogP contribution in [0.1, 0.15) is 32.3 Å². The van der Waals surface area contributed by atoms with Gasteiger partial charge in [-0.15, -0.1) is 0 Å². The zero-order valence-corrected chi connectivity index (χ0v) is 15.1. The van der Waals surface area contributed by atoms with Crippen molar-refractivity contribution in [1.82, 2.24) is 4.72 Å². The maximum Gasteiger partial charge on any atom is 0.244 e. The van der Waals surface area contributed by atoms with E-state index in [4.69, 9.17) is 0 Å². The summed E-state index contributed by atoms with van der Waals surface area (Å²) < 4.78 is 40.3. The van der Waals surface area contributed by atoms with Crippen molar-refractivity contribution in [3.63, 3.8) is 0 Å². The number of carbonyl (C=O) groups excluding carboxylic acids is 1. The van der Waals surface area contributed by atoms with Crippen LogP contribution >= 0.6 is 0 Å². The molecule has 134 valence electrons. The minimum atomic E-state index is -4.13. The normalized spacial score (nSPS) is 12.8. The molecule has 1 amide bonds. The van der Waals surface area contributed by atoms with E-state index in [1.807, 2.05) is 32.0 Å². The van der Waals surface area contributed by atoms with Crippen molar-refractivity contribution in [2.45, 2.75) is 37.6 Å². The third kappa shape index (κ3) is 4.87. The minimum Gasteiger partial charge on any atom is -0.325 e. The molecule has 0 spiro atoms. The van der Waals surface area contributed by atoms with Crippen LogP contribution in [0, 0.1) is 5.82 Å². The van der Waals surface area contributed by atoms with Crippen LogP contribution in [-0.2, 0) is 14.8 Å². The van der Waals surface area contributed by atoms with Crippen LogP contribution in [0.3, 0.4) is 0 Å². The predicted octanol–water partition coefficient (Wildman–Crippen LogP) is 3.25. The van der Waals surface area contributed by atoms with Gasteiger partial charge in [0.15, 0.2) is 0 Å². The first-order valence-corrected chi connectivity index (χ1v) is 9.36. The van der Waals surface area contributed by atoms with Gasteiger partial charge in [0.25, 0.3) is 0 Å². The number of anilines is 1. The lowest BCUT2D eigenvalue weighted by molar-refractivity contribution is -0.117. The molecule has 0 radical (unpaired) electrons. The van der Waals surface area contributed by atoms with Crippen molar-refractivity contribution in [2.24, 2.45) is 0 Å². The molecule has 0 bridgehead atoms. The number of hydrogen-bond acceptors (Lipinski definition) is 3. The Hall–Kier alpha value is -2.25. The molecule has 2 aromatic rings. The Labute approximate surface area is 147 Å². The van der Waals surface area contributed by atoms with Gasteiger partial charge in [-0.1, -0.05) is 38.1 Å². The molecular weight excluding hydrogens is 343 g/mol. The van der Waals surface area contributed by atoms with E-state index in [2.05, 4.69) is 10.0 Å². The molecule has 2 N–H and O–H groups in total. The molecular formula is C18H21FN2O3S. The fourth-order valence-electron chi connectivity index (χ4n) is 2.24. The van der Waals surface area contributed by atoms with E-state index >= 15 is 0 Å². The summed E-state index contributed by atoms with van der Waals surface area (Å²) in [7, 11) is -4.13. The number of carbonyl (C=O) groups is 1. The molecule has 2 aromatic carbocycles. The van der Waals surface area contributed by atoms with E-state index in [9.17, 15) is 17.6 Å². The Morgan fingerprint density at radius 1 is 1.04 bits per heavy atom. The highest BCUT2D eigenvalue weighted by Gasteiger charge is 2.24. The second-order valence-corrected chi connectivity index (χ2v) is 7.73. The van der Waals surface area contributed by atoms with Crippen LogP contribution in [0.15, 0.2) is 53.4 Å². The molecule has 1 unspecified atom stereocenters. The molecule has 25 heavy (non-hydrogen) atoms. The van der Waals surface area contributed by atoms with Gasteiger partial charge in [0, 0.05) is 5.69 Å². The standard InChI is InChI=1S/C18H21FN2O3S/c1-12(2)14-7-6-8-15(11-14)20-18(22)13(3)21-25(23,24)17-10-5-4-9-16(17)19/h4-13,21H,1-3H3,(H,20,22). The van der Waals surface area contributed by atoms with Gasteiger partial charge >= 0.3 is 0 Å². The second kappa shape index (κ2) is 7.76. The molecule has 0 aliphatic heterocycles. The van der Waals surface area contributed by atoms with Crippen molar-refractivity contribution in [3.05, 3.63) is 59.9 Å². The first-order valence-electron chi connectivity index (χ1n) is 7.88. The van der Waals surface area contributed by atoms with Crippen molar-refractivity contribution in [3.8, 4) is 0 Å². The van der Waals surface area contributed by atoms with Crippen LogP contribution < -0.4 is 10.0 Å². The number of hydrogen-bond donors (Lipinski definition) is 2. The summed E-state index contributed by atoms with van der Waals surface area (Å²) in [6.45, 7) is 5.47. The largest absolute Gasteiger partial charge is 0.325 e. The smallest absolute Gasteiger partial charge is 0.244 e. The third-order valence-electron chi connectivity index (χ3n) is 3.67. The maximum absolute atomic E-state index is 13.7. The van der Waals surface area contributed by atoms with Crippen molar-refractivity contribution >= 4 is 21.6 Å². The van der Waals surface area contributed by atoms with Gasteiger partial charge < -0.3 is 5.32 Å². The second-order valence-electron chi connectivity index (χ2n) is 6.04. The first-order chi connectivity index (χ1) is 11.7. The molecule has 0 fully saturated rings. The van der Waals surface area contributed by atoms with Crippen LogP contribution in [0.5, 0.6) is 0 Å². The number of rotatable bonds is 6. The summed E-state index contributed by atoms with van der Waals surface area (Å²) in [4.78, 5) is 11.8. The quantitative estimate of drug-likeness (QED) is 0.826. The lowest BCUT2D eigenvalue weighted by atomic mass is 10.0. The minimum absolute atomic E-state index is 0.300. The van der Waals surface area contributed by atoms with Gasteiger partial charge in [0.2, 0.25) is 15.9 Å². The van der Waals surface area contributed by atoms with Crippen molar-refractivity contribution < 1.29 is 17.6 Å². The van der Waals surface area contributed by atoms with E-state index < -0.39 is 32.7 Å². The predicted molar refractivity (Wildman–Crippen MR) is 95.3 cm³/mol. The average molecular weight is 364 g/mol. The highest BCUT2D eigenvalue weighted by Crippen LogP contribution is 2.19. The topological polar surface area (TPSA) is 75.3 Å². The molecule has 7 heteroatoms. The molecule has 0 aliphatic rings. The van der Waals surface area contributed by atoms with Gasteiger partial charge in [-0.25, -0.2) is 12.8 Å². The lowest BCUT2D eigenvalue weighted by Gasteiger charge is -2.15. The van der Waals surface area contributed by atoms with Gasteiger partial charge in [0.1, 0.15) is 10.7 Å². The Morgan fingerprint density at radius 2 is 1.72 bits per heavy atom. The Bertz CT molecular complexity index is 866. The summed E-state index contributed by atoms with van der Waals surface area (Å²) in [5.74, 6) is -1.10. The van der Waals surface area contributed by atoms with Crippen LogP contribution in [0.2, 0.25) is 0 Å². The van der Waals surface area contributed by atoms with Crippen LogP contribution in [0.25, 0.3) is 0 Å². The van der Waals surface area contributed by atoms with E-state index in [1.54, 1.807) is 6.07 Å². The van der Waals surface area contributed by atoms with E-state index in [0.717, 1.165) is 17.7 Å². The summed E-state index contributed by atoms with van der Waals surface area (Å²) in [6.07, 6.45) is 0. The van der Waals surface area contributed by atoms with E-state index in [1.165, 1.54) is 19.1 Å². The number of nitrogens with one attached hydrogen (secondary N) is 2. The van der Waals surface area contributed by atoms with Gasteiger partial charge in [-0.05, 0) is 42.7 Å². The number of halogens is 1. The van der Waals surface area contributed by atoms with Crippen molar-refractivity contribution in [2.75, 3.05) is 5.32 Å². The average Bonchev–Trinajstić information content (AvgIpc) is 2.54. The zero-order chi connectivity index (χ0) is 18.6. The number of sulfonamides is 1. The Balaban J connectivity index is 2.10. The Kier molecular flexibility index (Phi) is 5.92. The number of amides is 1. The monoisotopic (exact) mass is 364 g/mol. The van der Waals surface area contributed by atoms with Crippen LogP contribution in [-0.4, -0.2) is 20.4 Å². The fourth-order valence-corrected chi connectivity index (χ4v) is 3.52. The molecule has 0 saturated carbocycles. The lowest BCUT2D eigenvalue weighted by Crippen LogP contribution is -2.41. The molecule has 0 aromatic heterocycles. The van der Waals surface area contributed by atoms with E-state index in [0.29, 0.717) is 11.6 Å². The zero-order valence-electron chi connectivity index (χ0n) is 14.3. The van der Waals surface area contributed by atoms with Crippen LogP contribution in [0.4, 0.5) is 10.1 Å². The summed E-state index contributed by atoms with van der Waals surface area (Å²) in [6, 6.07) is 11.3. The molecule has 0 saturated heterocycles. The fraction of sp³-hybridized carbons (Fsp3) is 0.278. The van der Waals surface area contributed by atoms with Gasteiger partial charge in [0.05, 0.1) is 6.04 Å². The molecule has 2 rings (SSSR count). The maximum atomic E-state index is 13.7. The van der Waals surface area contributed by atoms with Crippen molar-refractivity contribution in [1.29, 1.82) is 0 Å². The highest BCUT2D eigenvalue weighted by atomic mass is 32.2. The molecule has 1 atom stereocenters. The van der Waals surface area contributed by atoms with Gasteiger partial charge in [-0.3, -0.25) is 4.79 Å². The van der Waals surface area contributed by atoms with Gasteiger partial charge in [-0.2, -0.15) is 4.72 Å². The molecule has 0 aliphatic carbocycles. The molecule has 0 heterocycles. The third-order valence-corrected chi connectivity index (χ3v) is 5.25. The number of benzene rings is 2. The SMILES string of the molecule is CC(NS(=O)(=O)c1ccccc1F)C(=O)Nc1cccc(C(C)C)c1. The first kappa shape index (κ1) is 19.1. The Morgan fingerprint density at radius 3 is 2.36 bits per heavy atom. The van der Waals surface area contributed by atoms with E-state index in [-0.39, 0.29) is 0 Å².